The largest absolute Gasteiger partial charge is 0.382 e. The van der Waals surface area contributed by atoms with Crippen molar-refractivity contribution in [3.05, 3.63) is 71.8 Å². The minimum absolute atomic E-state index is 0.675. The van der Waals surface area contributed by atoms with Gasteiger partial charge in [0.05, 0.1) is 5.69 Å². The van der Waals surface area contributed by atoms with Crippen LogP contribution in [0.2, 0.25) is 0 Å². The molecule has 2 heterocycles. The molecule has 0 aliphatic rings. The maximum atomic E-state index is 10.6. The van der Waals surface area contributed by atoms with Crippen molar-refractivity contribution in [2.24, 2.45) is 0 Å². The first kappa shape index (κ1) is 11.8. The van der Waals surface area contributed by atoms with Gasteiger partial charge in [0, 0.05) is 29.5 Å². The zero-order valence-corrected chi connectivity index (χ0v) is 10.6. The van der Waals surface area contributed by atoms with E-state index in [-0.39, 0.29) is 0 Å². The number of hydrogen-bond acceptors (Lipinski definition) is 3. The maximum Gasteiger partial charge on any atom is 0.123 e. The molecule has 3 rings (SSSR count). The molecule has 0 saturated heterocycles. The molecule has 0 bridgehead atoms. The van der Waals surface area contributed by atoms with Crippen LogP contribution in [0.25, 0.3) is 10.8 Å². The molecule has 0 fully saturated rings. The van der Waals surface area contributed by atoms with E-state index in [2.05, 4.69) is 9.97 Å². The Balaban J connectivity index is 2.17. The summed E-state index contributed by atoms with van der Waals surface area (Å²) in [5.74, 6) is 0. The second kappa shape index (κ2) is 4.78. The molecule has 0 amide bonds. The number of benzene rings is 1. The number of rotatable bonds is 2. The van der Waals surface area contributed by atoms with Gasteiger partial charge in [-0.3, -0.25) is 9.97 Å². The summed E-state index contributed by atoms with van der Waals surface area (Å²) >= 11 is 0. The number of fused-ring (bicyclic) bond motifs is 1. The van der Waals surface area contributed by atoms with Gasteiger partial charge < -0.3 is 5.11 Å². The Morgan fingerprint density at radius 2 is 1.89 bits per heavy atom. The van der Waals surface area contributed by atoms with Gasteiger partial charge in [0.25, 0.3) is 0 Å². The molecule has 3 heteroatoms. The standard InChI is InChI=1S/C16H14N2O/c1-11-6-8-17-10-14(11)16(19)15-13-5-3-2-4-12(13)7-9-18-15/h2-10,16,19H,1H3. The predicted octanol–water partition coefficient (Wildman–Crippen LogP) is 3.02. The van der Waals surface area contributed by atoms with Crippen LogP contribution in [0.15, 0.2) is 55.0 Å². The summed E-state index contributed by atoms with van der Waals surface area (Å²) < 4.78 is 0. The van der Waals surface area contributed by atoms with Crippen LogP contribution in [0.5, 0.6) is 0 Å². The molecule has 94 valence electrons. The zero-order valence-electron chi connectivity index (χ0n) is 10.6. The fourth-order valence-corrected chi connectivity index (χ4v) is 2.27. The van der Waals surface area contributed by atoms with Crippen LogP contribution >= 0.6 is 0 Å². The topological polar surface area (TPSA) is 46.0 Å². The lowest BCUT2D eigenvalue weighted by molar-refractivity contribution is 0.216. The number of nitrogens with zero attached hydrogens (tertiary/aromatic N) is 2. The molecule has 0 spiro atoms. The van der Waals surface area contributed by atoms with Crippen LogP contribution in [0, 0.1) is 6.92 Å². The average Bonchev–Trinajstić information content (AvgIpc) is 2.46. The lowest BCUT2D eigenvalue weighted by Gasteiger charge is -2.14. The van der Waals surface area contributed by atoms with Gasteiger partial charge in [0.15, 0.2) is 0 Å². The van der Waals surface area contributed by atoms with E-state index in [0.717, 1.165) is 21.9 Å². The van der Waals surface area contributed by atoms with Crippen LogP contribution in [-0.2, 0) is 0 Å². The first-order chi connectivity index (χ1) is 9.27. The Kier molecular flexibility index (Phi) is 2.97. The van der Waals surface area contributed by atoms with Gasteiger partial charge >= 0.3 is 0 Å². The third-order valence-electron chi connectivity index (χ3n) is 3.34. The molecule has 3 aromatic rings. The molecular weight excluding hydrogens is 236 g/mol. The fraction of sp³-hybridized carbons (Fsp3) is 0.125. The van der Waals surface area contributed by atoms with Crippen molar-refractivity contribution in [2.75, 3.05) is 0 Å². The summed E-state index contributed by atoms with van der Waals surface area (Å²) in [6, 6.07) is 11.8. The van der Waals surface area contributed by atoms with Crippen molar-refractivity contribution in [1.82, 2.24) is 9.97 Å². The fourth-order valence-electron chi connectivity index (χ4n) is 2.27. The highest BCUT2D eigenvalue weighted by Crippen LogP contribution is 2.28. The van der Waals surface area contributed by atoms with Gasteiger partial charge in [0.2, 0.25) is 0 Å². The number of hydrogen-bond donors (Lipinski definition) is 1. The van der Waals surface area contributed by atoms with Crippen LogP contribution in [-0.4, -0.2) is 15.1 Å². The monoisotopic (exact) mass is 250 g/mol. The molecule has 1 unspecified atom stereocenters. The first-order valence-corrected chi connectivity index (χ1v) is 6.19. The molecular formula is C16H14N2O. The summed E-state index contributed by atoms with van der Waals surface area (Å²) in [6.45, 7) is 1.96. The van der Waals surface area contributed by atoms with Crippen molar-refractivity contribution in [2.45, 2.75) is 13.0 Å². The molecule has 3 nitrogen and oxygen atoms in total. The van der Waals surface area contributed by atoms with E-state index in [1.807, 2.05) is 43.3 Å². The van der Waals surface area contributed by atoms with E-state index in [0.29, 0.717) is 5.69 Å². The van der Waals surface area contributed by atoms with Crippen molar-refractivity contribution < 1.29 is 5.11 Å². The van der Waals surface area contributed by atoms with Crippen molar-refractivity contribution in [3.63, 3.8) is 0 Å². The van der Waals surface area contributed by atoms with Crippen molar-refractivity contribution >= 4 is 10.8 Å². The number of aromatic nitrogens is 2. The van der Waals surface area contributed by atoms with Crippen molar-refractivity contribution in [1.29, 1.82) is 0 Å². The van der Waals surface area contributed by atoms with E-state index < -0.39 is 6.10 Å². The average molecular weight is 250 g/mol. The summed E-state index contributed by atoms with van der Waals surface area (Å²) in [7, 11) is 0. The minimum atomic E-state index is -0.750. The van der Waals surface area contributed by atoms with Gasteiger partial charge in [0.1, 0.15) is 6.10 Å². The summed E-state index contributed by atoms with van der Waals surface area (Å²) in [4.78, 5) is 8.43. The Hall–Kier alpha value is -2.26. The van der Waals surface area contributed by atoms with Gasteiger partial charge in [-0.15, -0.1) is 0 Å². The Morgan fingerprint density at radius 3 is 2.74 bits per heavy atom. The van der Waals surface area contributed by atoms with Crippen LogP contribution in [0.4, 0.5) is 0 Å². The second-order valence-corrected chi connectivity index (χ2v) is 4.55. The molecule has 1 atom stereocenters. The van der Waals surface area contributed by atoms with Gasteiger partial charge in [-0.05, 0) is 30.0 Å². The zero-order chi connectivity index (χ0) is 13.2. The van der Waals surface area contributed by atoms with Crippen molar-refractivity contribution in [3.8, 4) is 0 Å². The summed E-state index contributed by atoms with van der Waals surface area (Å²) in [6.07, 6.45) is 4.40. The number of aryl methyl sites for hydroxylation is 1. The van der Waals surface area contributed by atoms with Crippen LogP contribution in [0.3, 0.4) is 0 Å². The molecule has 0 radical (unpaired) electrons. The molecule has 0 aliphatic carbocycles. The summed E-state index contributed by atoms with van der Waals surface area (Å²) in [5, 5.41) is 12.6. The quantitative estimate of drug-likeness (QED) is 0.760. The Morgan fingerprint density at radius 1 is 1.05 bits per heavy atom. The predicted molar refractivity (Wildman–Crippen MR) is 74.8 cm³/mol. The highest BCUT2D eigenvalue weighted by atomic mass is 16.3. The van der Waals surface area contributed by atoms with Gasteiger partial charge in [-0.1, -0.05) is 24.3 Å². The molecule has 1 aromatic carbocycles. The SMILES string of the molecule is Cc1ccncc1C(O)c1nccc2ccccc12. The third kappa shape index (κ3) is 2.09. The number of aliphatic hydroxyl groups is 1. The number of pyridine rings is 2. The molecule has 0 saturated carbocycles. The summed E-state index contributed by atoms with van der Waals surface area (Å²) in [5.41, 5.74) is 2.48. The lowest BCUT2D eigenvalue weighted by Crippen LogP contribution is -2.05. The maximum absolute atomic E-state index is 10.6. The third-order valence-corrected chi connectivity index (χ3v) is 3.34. The van der Waals surface area contributed by atoms with E-state index >= 15 is 0 Å². The van der Waals surface area contributed by atoms with Crippen LogP contribution < -0.4 is 0 Å². The van der Waals surface area contributed by atoms with Gasteiger partial charge in [-0.2, -0.15) is 0 Å². The molecule has 1 N–H and O–H groups in total. The highest BCUT2D eigenvalue weighted by molar-refractivity contribution is 5.84. The van der Waals surface area contributed by atoms with E-state index in [9.17, 15) is 5.11 Å². The van der Waals surface area contributed by atoms with E-state index in [1.165, 1.54) is 0 Å². The normalized spacial score (nSPS) is 12.5. The second-order valence-electron chi connectivity index (χ2n) is 4.55. The molecule has 19 heavy (non-hydrogen) atoms. The lowest BCUT2D eigenvalue weighted by atomic mass is 9.99. The Bertz CT molecular complexity index is 719. The highest BCUT2D eigenvalue weighted by Gasteiger charge is 2.16. The van der Waals surface area contributed by atoms with E-state index in [1.54, 1.807) is 18.6 Å². The molecule has 2 aromatic heterocycles. The van der Waals surface area contributed by atoms with Gasteiger partial charge in [-0.25, -0.2) is 0 Å². The van der Waals surface area contributed by atoms with E-state index in [4.69, 9.17) is 0 Å². The minimum Gasteiger partial charge on any atom is -0.382 e. The molecule has 0 aliphatic heterocycles. The number of aliphatic hydroxyl groups excluding tert-OH is 1. The smallest absolute Gasteiger partial charge is 0.123 e. The first-order valence-electron chi connectivity index (χ1n) is 6.19. The van der Waals surface area contributed by atoms with Crippen LogP contribution in [0.1, 0.15) is 22.9 Å². The Labute approximate surface area is 111 Å².